The van der Waals surface area contributed by atoms with Crippen molar-refractivity contribution in [2.24, 2.45) is 0 Å². The Labute approximate surface area is 186 Å². The van der Waals surface area contributed by atoms with Crippen molar-refractivity contribution in [2.75, 3.05) is 26.1 Å². The highest BCUT2D eigenvalue weighted by atomic mass is 16.5. The number of nitrogens with one attached hydrogen (secondary N) is 1. The van der Waals surface area contributed by atoms with Gasteiger partial charge in [0.1, 0.15) is 5.75 Å². The summed E-state index contributed by atoms with van der Waals surface area (Å²) in [5, 5.41) is 2.78. The largest absolute Gasteiger partial charge is 0.497 e. The molecule has 3 aromatic carbocycles. The van der Waals surface area contributed by atoms with Crippen LogP contribution in [0.2, 0.25) is 0 Å². The number of amides is 1. The molecule has 166 valence electrons. The van der Waals surface area contributed by atoms with Gasteiger partial charge in [-0.2, -0.15) is 0 Å². The van der Waals surface area contributed by atoms with Crippen LogP contribution in [0.4, 0.5) is 5.69 Å². The van der Waals surface area contributed by atoms with E-state index in [1.165, 1.54) is 13.2 Å². The summed E-state index contributed by atoms with van der Waals surface area (Å²) in [5.74, 6) is 0.356. The minimum atomic E-state index is -1.16. The number of hydrogen-bond donors (Lipinski definition) is 1. The third kappa shape index (κ3) is 5.57. The van der Waals surface area contributed by atoms with E-state index < -0.39 is 18.0 Å². The number of hydrogen-bond acceptors (Lipinski definition) is 6. The molecule has 1 N–H and O–H groups in total. The van der Waals surface area contributed by atoms with E-state index in [2.05, 4.69) is 5.32 Å². The Morgan fingerprint density at radius 3 is 2.34 bits per heavy atom. The minimum absolute atomic E-state index is 0.236. The Morgan fingerprint density at radius 1 is 0.875 bits per heavy atom. The van der Waals surface area contributed by atoms with E-state index in [4.69, 9.17) is 18.9 Å². The molecule has 1 atom stereocenters. The molecule has 0 saturated carbocycles. The number of esters is 1. The number of benzene rings is 3. The second-order valence-corrected chi connectivity index (χ2v) is 6.72. The van der Waals surface area contributed by atoms with Crippen LogP contribution < -0.4 is 19.5 Å². The van der Waals surface area contributed by atoms with E-state index >= 15 is 0 Å². The first kappa shape index (κ1) is 22.7. The fourth-order valence-corrected chi connectivity index (χ4v) is 3.05. The molecule has 0 aliphatic heterocycles. The van der Waals surface area contributed by atoms with Gasteiger partial charge in [-0.1, -0.05) is 36.4 Å². The van der Waals surface area contributed by atoms with E-state index in [0.29, 0.717) is 35.1 Å². The summed E-state index contributed by atoms with van der Waals surface area (Å²) >= 11 is 0. The molecule has 0 radical (unpaired) electrons. The van der Waals surface area contributed by atoms with Crippen molar-refractivity contribution in [1.82, 2.24) is 0 Å². The van der Waals surface area contributed by atoms with Gasteiger partial charge in [-0.3, -0.25) is 4.79 Å². The molecule has 0 saturated heterocycles. The van der Waals surface area contributed by atoms with Gasteiger partial charge in [0.2, 0.25) is 6.10 Å². The van der Waals surface area contributed by atoms with Crippen molar-refractivity contribution in [2.45, 2.75) is 13.0 Å². The molecule has 0 aliphatic carbocycles. The van der Waals surface area contributed by atoms with Gasteiger partial charge < -0.3 is 24.3 Å². The molecular formula is C25H25NO6. The lowest BCUT2D eigenvalue weighted by atomic mass is 10.1. The second-order valence-electron chi connectivity index (χ2n) is 6.72. The molecule has 0 bridgehead atoms. The molecule has 0 aromatic heterocycles. The molecule has 0 aliphatic rings. The van der Waals surface area contributed by atoms with Crippen LogP contribution in [0.25, 0.3) is 0 Å². The van der Waals surface area contributed by atoms with Gasteiger partial charge >= 0.3 is 5.97 Å². The Balaban J connectivity index is 1.85. The first-order valence-electron chi connectivity index (χ1n) is 10.1. The van der Waals surface area contributed by atoms with E-state index in [-0.39, 0.29) is 5.56 Å². The number of rotatable bonds is 9. The Morgan fingerprint density at radius 2 is 1.66 bits per heavy atom. The van der Waals surface area contributed by atoms with Crippen molar-refractivity contribution in [3.8, 4) is 17.2 Å². The van der Waals surface area contributed by atoms with Crippen molar-refractivity contribution in [3.63, 3.8) is 0 Å². The van der Waals surface area contributed by atoms with Gasteiger partial charge in [0.25, 0.3) is 5.91 Å². The maximum Gasteiger partial charge on any atom is 0.339 e. The average Bonchev–Trinajstić information content (AvgIpc) is 2.83. The Kier molecular flexibility index (Phi) is 7.70. The van der Waals surface area contributed by atoms with Crippen LogP contribution in [0.3, 0.4) is 0 Å². The van der Waals surface area contributed by atoms with Gasteiger partial charge in [0.05, 0.1) is 26.4 Å². The molecule has 32 heavy (non-hydrogen) atoms. The van der Waals surface area contributed by atoms with E-state index in [0.717, 1.165) is 0 Å². The lowest BCUT2D eigenvalue weighted by molar-refractivity contribution is -0.125. The quantitative estimate of drug-likeness (QED) is 0.493. The average molecular weight is 435 g/mol. The zero-order chi connectivity index (χ0) is 22.9. The van der Waals surface area contributed by atoms with Crippen molar-refractivity contribution >= 4 is 17.6 Å². The fraction of sp³-hybridized carbons (Fsp3) is 0.200. The fourth-order valence-electron chi connectivity index (χ4n) is 3.05. The number of carbonyl (C=O) groups is 2. The molecule has 7 heteroatoms. The standard InChI is InChI=1S/C25H25NO6/c1-4-31-21-14-13-18(15-22(21)30-3)25(28)32-23(17-9-6-5-7-10-17)24(27)26-19-11-8-12-20(16-19)29-2/h5-16,23H,4H2,1-3H3,(H,26,27). The number of ether oxygens (including phenoxy) is 4. The number of carbonyl (C=O) groups excluding carboxylic acids is 2. The molecule has 7 nitrogen and oxygen atoms in total. The summed E-state index contributed by atoms with van der Waals surface area (Å²) < 4.78 is 21.6. The normalized spacial score (nSPS) is 11.2. The molecule has 1 unspecified atom stereocenters. The van der Waals surface area contributed by atoms with E-state index in [9.17, 15) is 9.59 Å². The molecule has 0 spiro atoms. The van der Waals surface area contributed by atoms with Gasteiger partial charge in [-0.15, -0.1) is 0 Å². The summed E-state index contributed by atoms with van der Waals surface area (Å²) in [6, 6.07) is 20.5. The summed E-state index contributed by atoms with van der Waals surface area (Å²) in [7, 11) is 3.03. The highest BCUT2D eigenvalue weighted by molar-refractivity contribution is 5.98. The summed E-state index contributed by atoms with van der Waals surface area (Å²) in [5.41, 5.74) is 1.30. The van der Waals surface area contributed by atoms with Crippen LogP contribution in [0.15, 0.2) is 72.8 Å². The lowest BCUT2D eigenvalue weighted by Crippen LogP contribution is -2.26. The maximum absolute atomic E-state index is 13.1. The van der Waals surface area contributed by atoms with Crippen molar-refractivity contribution in [3.05, 3.63) is 83.9 Å². The summed E-state index contributed by atoms with van der Waals surface area (Å²) in [4.78, 5) is 26.0. The van der Waals surface area contributed by atoms with Gasteiger partial charge in [0, 0.05) is 17.3 Å². The maximum atomic E-state index is 13.1. The lowest BCUT2D eigenvalue weighted by Gasteiger charge is -2.19. The highest BCUT2D eigenvalue weighted by Gasteiger charge is 2.26. The number of methoxy groups -OCH3 is 2. The first-order valence-corrected chi connectivity index (χ1v) is 10.1. The SMILES string of the molecule is CCOc1ccc(C(=O)OC(C(=O)Nc2cccc(OC)c2)c2ccccc2)cc1OC. The van der Waals surface area contributed by atoms with Crippen LogP contribution in [0, 0.1) is 0 Å². The van der Waals surface area contributed by atoms with Gasteiger partial charge in [-0.05, 0) is 37.3 Å². The van der Waals surface area contributed by atoms with Crippen molar-refractivity contribution < 1.29 is 28.5 Å². The Bertz CT molecular complexity index is 1070. The van der Waals surface area contributed by atoms with Gasteiger partial charge in [0.15, 0.2) is 11.5 Å². The van der Waals surface area contributed by atoms with E-state index in [1.807, 2.05) is 13.0 Å². The van der Waals surface area contributed by atoms with Gasteiger partial charge in [-0.25, -0.2) is 4.79 Å². The third-order valence-corrected chi connectivity index (χ3v) is 4.60. The second kappa shape index (κ2) is 10.9. The zero-order valence-electron chi connectivity index (χ0n) is 18.2. The predicted octanol–water partition coefficient (Wildman–Crippen LogP) is 4.64. The minimum Gasteiger partial charge on any atom is -0.497 e. The molecular weight excluding hydrogens is 410 g/mol. The highest BCUT2D eigenvalue weighted by Crippen LogP contribution is 2.30. The van der Waals surface area contributed by atoms with Crippen LogP contribution >= 0.6 is 0 Å². The number of anilines is 1. The van der Waals surface area contributed by atoms with Crippen LogP contribution in [0.1, 0.15) is 28.9 Å². The van der Waals surface area contributed by atoms with Crippen LogP contribution in [0.5, 0.6) is 17.2 Å². The monoisotopic (exact) mass is 435 g/mol. The summed E-state index contributed by atoms with van der Waals surface area (Å²) in [6.45, 7) is 2.31. The van der Waals surface area contributed by atoms with Crippen molar-refractivity contribution in [1.29, 1.82) is 0 Å². The zero-order valence-corrected chi connectivity index (χ0v) is 18.2. The van der Waals surface area contributed by atoms with Crippen LogP contribution in [-0.4, -0.2) is 32.7 Å². The molecule has 0 fully saturated rings. The predicted molar refractivity (Wildman–Crippen MR) is 120 cm³/mol. The third-order valence-electron chi connectivity index (χ3n) is 4.60. The molecule has 3 aromatic rings. The molecule has 3 rings (SSSR count). The van der Waals surface area contributed by atoms with Crippen LogP contribution in [-0.2, 0) is 9.53 Å². The smallest absolute Gasteiger partial charge is 0.339 e. The Hall–Kier alpha value is -4.00. The van der Waals surface area contributed by atoms with E-state index in [1.54, 1.807) is 67.8 Å². The first-order chi connectivity index (χ1) is 15.5. The summed E-state index contributed by atoms with van der Waals surface area (Å²) in [6.07, 6.45) is -1.16. The molecule has 1 amide bonds. The molecule has 0 heterocycles. The topological polar surface area (TPSA) is 83.1 Å².